The number of hydrogen-bond donors (Lipinski definition) is 2. The van der Waals surface area contributed by atoms with Crippen LogP contribution in [-0.2, 0) is 9.53 Å². The van der Waals surface area contributed by atoms with E-state index in [4.69, 9.17) is 10.4 Å². The van der Waals surface area contributed by atoms with Gasteiger partial charge in [-0.05, 0) is 6.92 Å². The van der Waals surface area contributed by atoms with E-state index in [0.29, 0.717) is 0 Å². The van der Waals surface area contributed by atoms with Gasteiger partial charge < -0.3 is 15.2 Å². The topological polar surface area (TPSA) is 91.5 Å². The van der Waals surface area contributed by atoms with Gasteiger partial charge in [-0.1, -0.05) is 10.3 Å². The summed E-state index contributed by atoms with van der Waals surface area (Å²) in [6, 6.07) is 0. The molecule has 0 spiro atoms. The van der Waals surface area contributed by atoms with Gasteiger partial charge in [0.1, 0.15) is 0 Å². The zero-order valence-corrected chi connectivity index (χ0v) is 7.15. The van der Waals surface area contributed by atoms with E-state index in [1.807, 2.05) is 0 Å². The van der Waals surface area contributed by atoms with Gasteiger partial charge in [0.05, 0.1) is 6.61 Å². The zero-order chi connectivity index (χ0) is 11.1. The fraction of sp³-hybridized carbons (Fsp3) is 0.500. The van der Waals surface area contributed by atoms with Crippen LogP contribution in [0.5, 0.6) is 0 Å². The minimum Gasteiger partial charge on any atom is -0.461 e. The number of ether oxygens (including phenoxy) is 1. The van der Waals surface area contributed by atoms with Crippen LogP contribution in [0.25, 0.3) is 0 Å². The highest BCUT2D eigenvalue weighted by Crippen LogP contribution is 2.01. The molecule has 0 rings (SSSR count). The van der Waals surface area contributed by atoms with Crippen LogP contribution in [0.4, 0.5) is 8.78 Å². The van der Waals surface area contributed by atoms with E-state index < -0.39 is 23.8 Å². The Morgan fingerprint density at radius 1 is 1.43 bits per heavy atom. The third-order valence-corrected chi connectivity index (χ3v) is 1.13. The first kappa shape index (κ1) is 12.3. The predicted octanol–water partition coefficient (Wildman–Crippen LogP) is 0.475. The van der Waals surface area contributed by atoms with E-state index >= 15 is 0 Å². The van der Waals surface area contributed by atoms with Crippen molar-refractivity contribution in [2.24, 2.45) is 10.3 Å². The Bertz CT molecular complexity index is 265. The number of esters is 1. The second-order valence-electron chi connectivity index (χ2n) is 1.96. The van der Waals surface area contributed by atoms with Crippen LogP contribution in [0.15, 0.2) is 10.3 Å². The van der Waals surface area contributed by atoms with Crippen molar-refractivity contribution < 1.29 is 28.7 Å². The fourth-order valence-corrected chi connectivity index (χ4v) is 0.590. The van der Waals surface area contributed by atoms with Crippen LogP contribution in [0.2, 0.25) is 0 Å². The standard InChI is InChI=1S/C6H8F2N2O4/c1-2-14-6(11)4(10-13)3(9-12)5(7)8/h5,12-13H,2H2,1H3/b9-3-,10-4-. The van der Waals surface area contributed by atoms with Gasteiger partial charge in [0, 0.05) is 0 Å². The quantitative estimate of drug-likeness (QED) is 0.305. The van der Waals surface area contributed by atoms with E-state index in [0.717, 1.165) is 0 Å². The summed E-state index contributed by atoms with van der Waals surface area (Å²) in [5.41, 5.74) is -2.46. The fourth-order valence-electron chi connectivity index (χ4n) is 0.590. The smallest absolute Gasteiger partial charge is 0.362 e. The molecule has 14 heavy (non-hydrogen) atoms. The molecule has 0 saturated heterocycles. The molecule has 0 fully saturated rings. The summed E-state index contributed by atoms with van der Waals surface area (Å²) in [5.74, 6) is -1.29. The molecule has 0 saturated carbocycles. The number of nitrogens with zero attached hydrogens (tertiary/aromatic N) is 2. The first-order chi connectivity index (χ1) is 6.58. The molecule has 0 bridgehead atoms. The molecule has 80 valence electrons. The predicted molar refractivity (Wildman–Crippen MR) is 41.1 cm³/mol. The van der Waals surface area contributed by atoms with Gasteiger partial charge in [0.25, 0.3) is 6.43 Å². The number of carbonyl (C=O) groups excluding carboxylic acids is 1. The van der Waals surface area contributed by atoms with E-state index in [1.54, 1.807) is 0 Å². The molecule has 0 aliphatic heterocycles. The van der Waals surface area contributed by atoms with E-state index in [9.17, 15) is 13.6 Å². The number of rotatable bonds is 4. The van der Waals surface area contributed by atoms with Crippen LogP contribution < -0.4 is 0 Å². The lowest BCUT2D eigenvalue weighted by molar-refractivity contribution is -0.135. The summed E-state index contributed by atoms with van der Waals surface area (Å²) in [6.45, 7) is 1.35. The number of alkyl halides is 2. The van der Waals surface area contributed by atoms with E-state index in [1.165, 1.54) is 6.92 Å². The van der Waals surface area contributed by atoms with Crippen LogP contribution in [0, 0.1) is 0 Å². The first-order valence-corrected chi connectivity index (χ1v) is 3.48. The van der Waals surface area contributed by atoms with Gasteiger partial charge in [0.15, 0.2) is 5.71 Å². The molecule has 0 aliphatic carbocycles. The molecule has 6 nitrogen and oxygen atoms in total. The molecule has 0 aromatic rings. The second-order valence-corrected chi connectivity index (χ2v) is 1.96. The number of hydrogen-bond acceptors (Lipinski definition) is 6. The Morgan fingerprint density at radius 2 is 2.00 bits per heavy atom. The Kier molecular flexibility index (Phi) is 5.12. The van der Waals surface area contributed by atoms with Crippen LogP contribution in [0.1, 0.15) is 6.92 Å². The van der Waals surface area contributed by atoms with Gasteiger partial charge in [-0.15, -0.1) is 0 Å². The highest BCUT2D eigenvalue weighted by molar-refractivity contribution is 6.66. The molecule has 0 radical (unpaired) electrons. The number of carbonyl (C=O) groups is 1. The van der Waals surface area contributed by atoms with Crippen LogP contribution in [0.3, 0.4) is 0 Å². The molecular weight excluding hydrogens is 202 g/mol. The van der Waals surface area contributed by atoms with E-state index in [2.05, 4.69) is 15.0 Å². The number of halogens is 2. The summed E-state index contributed by atoms with van der Waals surface area (Å²) in [6.07, 6.45) is -3.24. The molecule has 0 heterocycles. The SMILES string of the molecule is CCOC(=O)C(=N\O)/C(=N/O)C(F)F. The molecule has 0 aromatic carbocycles. The molecule has 0 atom stereocenters. The van der Waals surface area contributed by atoms with Crippen molar-refractivity contribution in [1.29, 1.82) is 0 Å². The van der Waals surface area contributed by atoms with Gasteiger partial charge >= 0.3 is 5.97 Å². The van der Waals surface area contributed by atoms with Gasteiger partial charge in [-0.2, -0.15) is 0 Å². The molecule has 0 aliphatic rings. The first-order valence-electron chi connectivity index (χ1n) is 3.48. The van der Waals surface area contributed by atoms with Crippen molar-refractivity contribution in [3.05, 3.63) is 0 Å². The largest absolute Gasteiger partial charge is 0.461 e. The van der Waals surface area contributed by atoms with Crippen LogP contribution >= 0.6 is 0 Å². The minimum absolute atomic E-state index is 0.0835. The molecule has 0 amide bonds. The molecule has 8 heteroatoms. The minimum atomic E-state index is -3.24. The van der Waals surface area contributed by atoms with Gasteiger partial charge in [-0.3, -0.25) is 0 Å². The average Bonchev–Trinajstić information content (AvgIpc) is 2.13. The van der Waals surface area contributed by atoms with Crippen molar-refractivity contribution in [1.82, 2.24) is 0 Å². The molecular formula is C6H8F2N2O4. The Morgan fingerprint density at radius 3 is 2.29 bits per heavy atom. The summed E-state index contributed by atoms with van der Waals surface area (Å²) in [7, 11) is 0. The lowest BCUT2D eigenvalue weighted by Gasteiger charge is -2.04. The second kappa shape index (κ2) is 5.84. The maximum Gasteiger partial charge on any atom is 0.362 e. The van der Waals surface area contributed by atoms with Crippen molar-refractivity contribution in [2.45, 2.75) is 13.3 Å². The van der Waals surface area contributed by atoms with Crippen molar-refractivity contribution >= 4 is 17.4 Å². The van der Waals surface area contributed by atoms with Gasteiger partial charge in [-0.25, -0.2) is 13.6 Å². The van der Waals surface area contributed by atoms with Crippen molar-refractivity contribution in [2.75, 3.05) is 6.61 Å². The van der Waals surface area contributed by atoms with Crippen LogP contribution in [-0.4, -0.2) is 40.8 Å². The average molecular weight is 210 g/mol. The highest BCUT2D eigenvalue weighted by Gasteiger charge is 2.28. The monoisotopic (exact) mass is 210 g/mol. The zero-order valence-electron chi connectivity index (χ0n) is 7.15. The number of oxime groups is 2. The summed E-state index contributed by atoms with van der Waals surface area (Å²) < 4.78 is 28.4. The Hall–Kier alpha value is -1.73. The van der Waals surface area contributed by atoms with Crippen molar-refractivity contribution in [3.63, 3.8) is 0 Å². The maximum absolute atomic E-state index is 12.0. The van der Waals surface area contributed by atoms with Gasteiger partial charge in [0.2, 0.25) is 5.71 Å². The summed E-state index contributed by atoms with van der Waals surface area (Å²) in [4.78, 5) is 10.8. The van der Waals surface area contributed by atoms with E-state index in [-0.39, 0.29) is 6.61 Å². The summed E-state index contributed by atoms with van der Waals surface area (Å²) in [5, 5.41) is 20.8. The lowest BCUT2D eigenvalue weighted by atomic mass is 10.2. The molecule has 0 unspecified atom stereocenters. The third kappa shape index (κ3) is 2.96. The Balaban J connectivity index is 4.82. The Labute approximate surface area is 77.5 Å². The van der Waals surface area contributed by atoms with Crippen molar-refractivity contribution in [3.8, 4) is 0 Å². The third-order valence-electron chi connectivity index (χ3n) is 1.13. The highest BCUT2D eigenvalue weighted by atomic mass is 19.3. The molecule has 0 aromatic heterocycles. The lowest BCUT2D eigenvalue weighted by Crippen LogP contribution is -2.31. The molecule has 2 N–H and O–H groups in total. The normalized spacial score (nSPS) is 13.1. The maximum atomic E-state index is 12.0. The summed E-state index contributed by atoms with van der Waals surface area (Å²) >= 11 is 0.